The van der Waals surface area contributed by atoms with Crippen LogP contribution in [-0.2, 0) is 6.54 Å². The number of aromatic amines is 1. The van der Waals surface area contributed by atoms with Gasteiger partial charge in [-0.1, -0.05) is 6.07 Å². The number of aromatic nitrogens is 2. The van der Waals surface area contributed by atoms with Gasteiger partial charge in [0.05, 0.1) is 19.3 Å². The van der Waals surface area contributed by atoms with Gasteiger partial charge in [-0.25, -0.2) is 4.98 Å². The second-order valence-electron chi connectivity index (χ2n) is 4.30. The van der Waals surface area contributed by atoms with E-state index in [1.54, 1.807) is 7.11 Å². The highest BCUT2D eigenvalue weighted by atomic mass is 16.5. The SMILES string of the molecule is COc1cccc(CNc2ccc3[nH]ccc3c2)n1. The highest BCUT2D eigenvalue weighted by molar-refractivity contribution is 5.82. The number of hydrogen-bond donors (Lipinski definition) is 2. The number of methoxy groups -OCH3 is 1. The molecule has 0 spiro atoms. The fourth-order valence-electron chi connectivity index (χ4n) is 2.03. The number of hydrogen-bond acceptors (Lipinski definition) is 3. The molecule has 3 aromatic rings. The summed E-state index contributed by atoms with van der Waals surface area (Å²) in [6.07, 6.45) is 1.94. The van der Waals surface area contributed by atoms with E-state index in [4.69, 9.17) is 4.74 Å². The van der Waals surface area contributed by atoms with E-state index in [-0.39, 0.29) is 0 Å². The number of nitrogens with one attached hydrogen (secondary N) is 2. The van der Waals surface area contributed by atoms with Crippen molar-refractivity contribution < 1.29 is 4.74 Å². The molecule has 0 amide bonds. The molecule has 4 heteroatoms. The van der Waals surface area contributed by atoms with Crippen molar-refractivity contribution in [1.29, 1.82) is 0 Å². The van der Waals surface area contributed by atoms with Gasteiger partial charge in [0.2, 0.25) is 5.88 Å². The number of pyridine rings is 1. The van der Waals surface area contributed by atoms with Crippen molar-refractivity contribution in [2.45, 2.75) is 6.54 Å². The van der Waals surface area contributed by atoms with E-state index in [9.17, 15) is 0 Å². The molecule has 0 fully saturated rings. The van der Waals surface area contributed by atoms with Gasteiger partial charge in [0, 0.05) is 28.9 Å². The smallest absolute Gasteiger partial charge is 0.213 e. The first kappa shape index (κ1) is 11.6. The van der Waals surface area contributed by atoms with Crippen molar-refractivity contribution in [1.82, 2.24) is 9.97 Å². The van der Waals surface area contributed by atoms with Crippen LogP contribution in [0.5, 0.6) is 5.88 Å². The molecule has 0 atom stereocenters. The van der Waals surface area contributed by atoms with Crippen LogP contribution in [0.2, 0.25) is 0 Å². The van der Waals surface area contributed by atoms with Gasteiger partial charge < -0.3 is 15.0 Å². The predicted octanol–water partition coefficient (Wildman–Crippen LogP) is 3.18. The highest BCUT2D eigenvalue weighted by Crippen LogP contribution is 2.18. The Morgan fingerprint density at radius 3 is 3.05 bits per heavy atom. The van der Waals surface area contributed by atoms with E-state index in [0.717, 1.165) is 16.9 Å². The van der Waals surface area contributed by atoms with Crippen molar-refractivity contribution >= 4 is 16.6 Å². The zero-order valence-corrected chi connectivity index (χ0v) is 10.7. The molecular weight excluding hydrogens is 238 g/mol. The molecular formula is C15H15N3O. The van der Waals surface area contributed by atoms with Crippen molar-refractivity contribution in [3.8, 4) is 5.88 Å². The van der Waals surface area contributed by atoms with E-state index in [2.05, 4.69) is 39.6 Å². The number of nitrogens with zero attached hydrogens (tertiary/aromatic N) is 1. The minimum absolute atomic E-state index is 0.639. The van der Waals surface area contributed by atoms with Crippen LogP contribution in [0.4, 0.5) is 5.69 Å². The molecule has 0 saturated heterocycles. The molecule has 2 aromatic heterocycles. The van der Waals surface area contributed by atoms with Crippen LogP contribution < -0.4 is 10.1 Å². The molecule has 19 heavy (non-hydrogen) atoms. The molecule has 2 N–H and O–H groups in total. The van der Waals surface area contributed by atoms with Crippen molar-refractivity contribution in [2.75, 3.05) is 12.4 Å². The van der Waals surface area contributed by atoms with Crippen molar-refractivity contribution in [2.24, 2.45) is 0 Å². The molecule has 4 nitrogen and oxygen atoms in total. The summed E-state index contributed by atoms with van der Waals surface area (Å²) >= 11 is 0. The standard InChI is InChI=1S/C15H15N3O/c1-19-15-4-2-3-13(18-15)10-17-12-5-6-14-11(9-12)7-8-16-14/h2-9,16-17H,10H2,1H3. The molecule has 96 valence electrons. The minimum atomic E-state index is 0.639. The van der Waals surface area contributed by atoms with Gasteiger partial charge in [0.15, 0.2) is 0 Å². The van der Waals surface area contributed by atoms with Gasteiger partial charge in [-0.3, -0.25) is 0 Å². The maximum absolute atomic E-state index is 5.11. The number of anilines is 1. The maximum atomic E-state index is 5.11. The van der Waals surface area contributed by atoms with Crippen LogP contribution >= 0.6 is 0 Å². The number of benzene rings is 1. The zero-order valence-electron chi connectivity index (χ0n) is 10.7. The molecule has 3 rings (SSSR count). The van der Waals surface area contributed by atoms with Crippen LogP contribution in [0.3, 0.4) is 0 Å². The average Bonchev–Trinajstić information content (AvgIpc) is 2.93. The van der Waals surface area contributed by atoms with Gasteiger partial charge in [-0.05, 0) is 30.3 Å². The number of H-pyrrole nitrogens is 1. The molecule has 0 radical (unpaired) electrons. The second kappa shape index (κ2) is 5.02. The van der Waals surface area contributed by atoms with Crippen LogP contribution in [0.15, 0.2) is 48.7 Å². The lowest BCUT2D eigenvalue weighted by atomic mass is 10.2. The summed E-state index contributed by atoms with van der Waals surface area (Å²) in [4.78, 5) is 7.55. The van der Waals surface area contributed by atoms with Gasteiger partial charge >= 0.3 is 0 Å². The van der Waals surface area contributed by atoms with Gasteiger partial charge in [0.1, 0.15) is 0 Å². The van der Waals surface area contributed by atoms with Gasteiger partial charge in [-0.15, -0.1) is 0 Å². The fourth-order valence-corrected chi connectivity index (χ4v) is 2.03. The van der Waals surface area contributed by atoms with E-state index < -0.39 is 0 Å². The Kier molecular flexibility index (Phi) is 3.06. The average molecular weight is 253 g/mol. The fraction of sp³-hybridized carbons (Fsp3) is 0.133. The minimum Gasteiger partial charge on any atom is -0.481 e. The van der Waals surface area contributed by atoms with E-state index >= 15 is 0 Å². The molecule has 0 bridgehead atoms. The number of fused-ring (bicyclic) bond motifs is 1. The Balaban J connectivity index is 1.74. The third-order valence-electron chi connectivity index (χ3n) is 3.02. The molecule has 0 aliphatic heterocycles. The third kappa shape index (κ3) is 2.52. The summed E-state index contributed by atoms with van der Waals surface area (Å²) in [7, 11) is 1.62. The van der Waals surface area contributed by atoms with E-state index in [1.807, 2.05) is 24.4 Å². The first-order valence-corrected chi connectivity index (χ1v) is 6.16. The third-order valence-corrected chi connectivity index (χ3v) is 3.02. The summed E-state index contributed by atoms with van der Waals surface area (Å²) in [5.41, 5.74) is 3.18. The highest BCUT2D eigenvalue weighted by Gasteiger charge is 1.99. The van der Waals surface area contributed by atoms with Crippen molar-refractivity contribution in [3.05, 3.63) is 54.4 Å². The first-order valence-electron chi connectivity index (χ1n) is 6.16. The molecule has 0 aliphatic rings. The Morgan fingerprint density at radius 2 is 2.16 bits per heavy atom. The van der Waals surface area contributed by atoms with Crippen LogP contribution in [0.1, 0.15) is 5.69 Å². The largest absolute Gasteiger partial charge is 0.481 e. The van der Waals surface area contributed by atoms with Crippen molar-refractivity contribution in [3.63, 3.8) is 0 Å². The lowest BCUT2D eigenvalue weighted by molar-refractivity contribution is 0.396. The van der Waals surface area contributed by atoms with Gasteiger partial charge in [-0.2, -0.15) is 0 Å². The topological polar surface area (TPSA) is 49.9 Å². The monoisotopic (exact) mass is 253 g/mol. The Bertz CT molecular complexity index is 690. The maximum Gasteiger partial charge on any atom is 0.213 e. The summed E-state index contributed by atoms with van der Waals surface area (Å²) in [6.45, 7) is 0.674. The summed E-state index contributed by atoms with van der Waals surface area (Å²) in [6, 6.07) is 14.1. The van der Waals surface area contributed by atoms with Crippen LogP contribution in [-0.4, -0.2) is 17.1 Å². The molecule has 2 heterocycles. The molecule has 0 aliphatic carbocycles. The summed E-state index contributed by atoms with van der Waals surface area (Å²) in [5.74, 6) is 0.639. The van der Waals surface area contributed by atoms with Gasteiger partial charge in [0.25, 0.3) is 0 Å². The Labute approximate surface area is 111 Å². The molecule has 0 unspecified atom stereocenters. The molecule has 0 saturated carbocycles. The zero-order chi connectivity index (χ0) is 13.1. The molecule has 1 aromatic carbocycles. The predicted molar refractivity (Wildman–Crippen MR) is 76.4 cm³/mol. The van der Waals surface area contributed by atoms with E-state index in [1.165, 1.54) is 5.39 Å². The number of rotatable bonds is 4. The second-order valence-corrected chi connectivity index (χ2v) is 4.30. The Morgan fingerprint density at radius 1 is 1.21 bits per heavy atom. The quantitative estimate of drug-likeness (QED) is 0.750. The lowest BCUT2D eigenvalue weighted by Gasteiger charge is -2.07. The number of ether oxygens (including phenoxy) is 1. The van der Waals surface area contributed by atoms with Crippen LogP contribution in [0.25, 0.3) is 10.9 Å². The first-order chi connectivity index (χ1) is 9.35. The lowest BCUT2D eigenvalue weighted by Crippen LogP contribution is -2.02. The van der Waals surface area contributed by atoms with Crippen LogP contribution in [0, 0.1) is 0 Å². The Hall–Kier alpha value is -2.49. The normalized spacial score (nSPS) is 10.6. The summed E-state index contributed by atoms with van der Waals surface area (Å²) < 4.78 is 5.11. The summed E-state index contributed by atoms with van der Waals surface area (Å²) in [5, 5.41) is 4.56. The van der Waals surface area contributed by atoms with E-state index in [0.29, 0.717) is 12.4 Å².